The molecule has 11 nitrogen and oxygen atoms in total. The molecule has 0 spiro atoms. The fraction of sp³-hybridized carbons (Fsp3) is 0.304. The first-order valence-corrected chi connectivity index (χ1v) is 10.3. The molecule has 2 amide bonds. The summed E-state index contributed by atoms with van der Waals surface area (Å²) >= 11 is 0. The molecule has 7 N–H and O–H groups in total. The SMILES string of the molecule is COc1cc(NC(=O)c2cccc(NC(=N)N)c2)ccc1C[C@H](NC(=O)OC(C)(C)C)C(=O)O. The molecule has 0 aliphatic carbocycles. The number of benzene rings is 2. The molecular formula is C23H29N5O6. The molecule has 2 aromatic rings. The second-order valence-corrected chi connectivity index (χ2v) is 8.34. The Balaban J connectivity index is 2.15. The van der Waals surface area contributed by atoms with E-state index in [0.717, 1.165) is 0 Å². The van der Waals surface area contributed by atoms with Gasteiger partial charge in [0.25, 0.3) is 5.91 Å². The average Bonchev–Trinajstić information content (AvgIpc) is 2.72. The molecule has 0 aliphatic heterocycles. The summed E-state index contributed by atoms with van der Waals surface area (Å²) in [6, 6.07) is 9.97. The van der Waals surface area contributed by atoms with Crippen molar-refractivity contribution >= 4 is 35.3 Å². The Morgan fingerprint density at radius 2 is 1.76 bits per heavy atom. The normalized spacial score (nSPS) is 11.6. The van der Waals surface area contributed by atoms with Crippen LogP contribution in [0.5, 0.6) is 5.75 Å². The number of carboxylic acid groups (broad SMARTS) is 1. The van der Waals surface area contributed by atoms with E-state index in [-0.39, 0.29) is 12.4 Å². The van der Waals surface area contributed by atoms with Crippen molar-refractivity contribution in [2.45, 2.75) is 38.8 Å². The molecule has 0 heterocycles. The third-order valence-electron chi connectivity index (χ3n) is 4.36. The molecule has 0 bridgehead atoms. The van der Waals surface area contributed by atoms with Gasteiger partial charge in [-0.05, 0) is 50.6 Å². The molecule has 0 aromatic heterocycles. The van der Waals surface area contributed by atoms with Crippen molar-refractivity contribution < 1.29 is 29.0 Å². The van der Waals surface area contributed by atoms with Crippen molar-refractivity contribution in [2.75, 3.05) is 17.7 Å². The Kier molecular flexibility index (Phi) is 8.43. The van der Waals surface area contributed by atoms with E-state index in [1.807, 2.05) is 0 Å². The lowest BCUT2D eigenvalue weighted by molar-refractivity contribution is -0.139. The summed E-state index contributed by atoms with van der Waals surface area (Å²) in [5.74, 6) is -1.55. The number of nitrogens with two attached hydrogens (primary N) is 1. The summed E-state index contributed by atoms with van der Waals surface area (Å²) in [5, 5.41) is 24.5. The highest BCUT2D eigenvalue weighted by Crippen LogP contribution is 2.25. The molecule has 0 aliphatic rings. The number of aliphatic carboxylic acids is 1. The van der Waals surface area contributed by atoms with Crippen molar-refractivity contribution in [1.29, 1.82) is 5.41 Å². The second-order valence-electron chi connectivity index (χ2n) is 8.34. The topological polar surface area (TPSA) is 176 Å². The highest BCUT2D eigenvalue weighted by atomic mass is 16.6. The zero-order chi connectivity index (χ0) is 25.5. The summed E-state index contributed by atoms with van der Waals surface area (Å²) in [6.07, 6.45) is -0.908. The Labute approximate surface area is 197 Å². The second kappa shape index (κ2) is 11.0. The van der Waals surface area contributed by atoms with Gasteiger partial charge in [0.05, 0.1) is 7.11 Å². The summed E-state index contributed by atoms with van der Waals surface area (Å²) in [5.41, 5.74) is 6.30. The number of amides is 2. The number of methoxy groups -OCH3 is 1. The maximum absolute atomic E-state index is 12.6. The molecule has 11 heteroatoms. The van der Waals surface area contributed by atoms with Crippen LogP contribution in [-0.4, -0.2) is 47.8 Å². The number of carboxylic acids is 1. The van der Waals surface area contributed by atoms with Gasteiger partial charge in [0.2, 0.25) is 0 Å². The number of guanidine groups is 1. The smallest absolute Gasteiger partial charge is 0.408 e. The number of hydrogen-bond acceptors (Lipinski definition) is 6. The van der Waals surface area contributed by atoms with Gasteiger partial charge in [0.1, 0.15) is 17.4 Å². The maximum atomic E-state index is 12.6. The number of rotatable bonds is 8. The van der Waals surface area contributed by atoms with Crippen LogP contribution in [0.3, 0.4) is 0 Å². The van der Waals surface area contributed by atoms with Crippen LogP contribution < -0.4 is 26.4 Å². The molecule has 1 atom stereocenters. The number of alkyl carbamates (subject to hydrolysis) is 1. The standard InChI is InChI=1S/C23H29N5O6/c1-23(2,3)34-22(32)28-17(20(30)31)11-13-8-9-16(12-18(13)33-4)26-19(29)14-6-5-7-15(10-14)27-21(24)25/h5-10,12,17H,11H2,1-4H3,(H,26,29)(H,28,32)(H,30,31)(H4,24,25,27)/t17-/m0/s1. The Morgan fingerprint density at radius 3 is 2.35 bits per heavy atom. The molecule has 0 radical (unpaired) electrons. The molecular weight excluding hydrogens is 442 g/mol. The lowest BCUT2D eigenvalue weighted by atomic mass is 10.0. The summed E-state index contributed by atoms with van der Waals surface area (Å²) in [6.45, 7) is 5.03. The van der Waals surface area contributed by atoms with Gasteiger partial charge >= 0.3 is 12.1 Å². The van der Waals surface area contributed by atoms with E-state index in [9.17, 15) is 19.5 Å². The van der Waals surface area contributed by atoms with Gasteiger partial charge < -0.3 is 36.3 Å². The van der Waals surface area contributed by atoms with Crippen LogP contribution in [0.4, 0.5) is 16.2 Å². The maximum Gasteiger partial charge on any atom is 0.408 e. The van der Waals surface area contributed by atoms with Crippen LogP contribution in [-0.2, 0) is 16.0 Å². The number of nitrogens with one attached hydrogen (secondary N) is 4. The summed E-state index contributed by atoms with van der Waals surface area (Å²) < 4.78 is 10.5. The molecule has 2 aromatic carbocycles. The van der Waals surface area contributed by atoms with E-state index >= 15 is 0 Å². The van der Waals surface area contributed by atoms with Crippen molar-refractivity contribution in [3.05, 3.63) is 53.6 Å². The zero-order valence-corrected chi connectivity index (χ0v) is 19.4. The van der Waals surface area contributed by atoms with Gasteiger partial charge in [-0.1, -0.05) is 12.1 Å². The molecule has 34 heavy (non-hydrogen) atoms. The number of carbonyl (C=O) groups excluding carboxylic acids is 2. The van der Waals surface area contributed by atoms with Crippen molar-refractivity contribution in [3.63, 3.8) is 0 Å². The molecule has 0 fully saturated rings. The third-order valence-corrected chi connectivity index (χ3v) is 4.36. The van der Waals surface area contributed by atoms with Gasteiger partial charge in [-0.3, -0.25) is 10.2 Å². The van der Waals surface area contributed by atoms with Gasteiger partial charge in [0, 0.05) is 29.4 Å². The highest BCUT2D eigenvalue weighted by Gasteiger charge is 2.25. The van der Waals surface area contributed by atoms with Crippen LogP contribution in [0.15, 0.2) is 42.5 Å². The third kappa shape index (κ3) is 8.01. The molecule has 0 saturated carbocycles. The van der Waals surface area contributed by atoms with E-state index in [1.165, 1.54) is 7.11 Å². The first-order chi connectivity index (χ1) is 15.9. The van der Waals surface area contributed by atoms with Gasteiger partial charge in [-0.15, -0.1) is 0 Å². The molecule has 0 saturated heterocycles. The largest absolute Gasteiger partial charge is 0.496 e. The van der Waals surface area contributed by atoms with E-state index in [0.29, 0.717) is 28.3 Å². The minimum absolute atomic E-state index is 0.0647. The van der Waals surface area contributed by atoms with Crippen LogP contribution in [0.2, 0.25) is 0 Å². The van der Waals surface area contributed by atoms with E-state index in [4.69, 9.17) is 20.6 Å². The number of ether oxygens (including phenoxy) is 2. The van der Waals surface area contributed by atoms with Crippen LogP contribution in [0.1, 0.15) is 36.7 Å². The monoisotopic (exact) mass is 471 g/mol. The molecule has 182 valence electrons. The first kappa shape index (κ1) is 26.0. The predicted molar refractivity (Wildman–Crippen MR) is 127 cm³/mol. The van der Waals surface area contributed by atoms with Gasteiger partial charge in [-0.25, -0.2) is 9.59 Å². The Morgan fingerprint density at radius 1 is 1.09 bits per heavy atom. The van der Waals surface area contributed by atoms with E-state index in [2.05, 4.69) is 16.0 Å². The van der Waals surface area contributed by atoms with Crippen LogP contribution in [0.25, 0.3) is 0 Å². The Bertz CT molecular complexity index is 1080. The van der Waals surface area contributed by atoms with E-state index < -0.39 is 29.6 Å². The number of carbonyl (C=O) groups is 3. The predicted octanol–water partition coefficient (Wildman–Crippen LogP) is 2.77. The van der Waals surface area contributed by atoms with Crippen molar-refractivity contribution in [2.24, 2.45) is 5.73 Å². The number of anilines is 2. The summed E-state index contributed by atoms with van der Waals surface area (Å²) in [7, 11) is 1.42. The van der Waals surface area contributed by atoms with Crippen molar-refractivity contribution in [1.82, 2.24) is 5.32 Å². The molecule has 0 unspecified atom stereocenters. The zero-order valence-electron chi connectivity index (χ0n) is 19.4. The minimum Gasteiger partial charge on any atom is -0.496 e. The lowest BCUT2D eigenvalue weighted by Gasteiger charge is -2.22. The number of hydrogen-bond donors (Lipinski definition) is 6. The van der Waals surface area contributed by atoms with Crippen molar-refractivity contribution in [3.8, 4) is 5.75 Å². The van der Waals surface area contributed by atoms with Crippen LogP contribution >= 0.6 is 0 Å². The molecule has 2 rings (SSSR count). The quantitative estimate of drug-likeness (QED) is 0.251. The summed E-state index contributed by atoms with van der Waals surface area (Å²) in [4.78, 5) is 36.3. The highest BCUT2D eigenvalue weighted by molar-refractivity contribution is 6.05. The fourth-order valence-electron chi connectivity index (χ4n) is 2.96. The van der Waals surface area contributed by atoms with Crippen LogP contribution in [0, 0.1) is 5.41 Å². The van der Waals surface area contributed by atoms with E-state index in [1.54, 1.807) is 63.2 Å². The first-order valence-electron chi connectivity index (χ1n) is 10.3. The lowest BCUT2D eigenvalue weighted by Crippen LogP contribution is -2.44. The average molecular weight is 472 g/mol. The fourth-order valence-corrected chi connectivity index (χ4v) is 2.96. The Hall–Kier alpha value is -4.28. The van der Waals surface area contributed by atoms with Gasteiger partial charge in [0.15, 0.2) is 5.96 Å². The van der Waals surface area contributed by atoms with Gasteiger partial charge in [-0.2, -0.15) is 0 Å². The minimum atomic E-state index is -1.25.